The molecule has 21 heavy (non-hydrogen) atoms. The number of hydrogen-bond acceptors (Lipinski definition) is 5. The molecular weight excluding hydrogens is 356 g/mol. The van der Waals surface area contributed by atoms with Gasteiger partial charge in [0.15, 0.2) is 5.82 Å². The average molecular weight is 374 g/mol. The summed E-state index contributed by atoms with van der Waals surface area (Å²) in [6.07, 6.45) is 3.50. The fourth-order valence-electron chi connectivity index (χ4n) is 2.58. The van der Waals surface area contributed by atoms with Crippen molar-refractivity contribution in [2.75, 3.05) is 0 Å². The molecule has 5 nitrogen and oxygen atoms in total. The van der Waals surface area contributed by atoms with Gasteiger partial charge in [0, 0.05) is 10.0 Å². The summed E-state index contributed by atoms with van der Waals surface area (Å²) in [5, 5.41) is 7.51. The molecule has 0 atom stereocenters. The van der Waals surface area contributed by atoms with Crippen LogP contribution in [0, 0.1) is 0 Å². The van der Waals surface area contributed by atoms with Crippen LogP contribution in [0.1, 0.15) is 36.5 Å². The molecule has 3 rings (SSSR count). The van der Waals surface area contributed by atoms with E-state index in [0.29, 0.717) is 18.3 Å². The van der Waals surface area contributed by atoms with Crippen LogP contribution < -0.4 is 11.1 Å². The van der Waals surface area contributed by atoms with E-state index in [4.69, 9.17) is 10.3 Å². The van der Waals surface area contributed by atoms with E-state index in [0.717, 1.165) is 17.3 Å². The second-order valence-electron chi connectivity index (χ2n) is 5.11. The van der Waals surface area contributed by atoms with E-state index < -0.39 is 0 Å². The van der Waals surface area contributed by atoms with Crippen molar-refractivity contribution >= 4 is 28.3 Å². The number of nitrogens with one attached hydrogen (secondary N) is 1. The van der Waals surface area contributed by atoms with Crippen molar-refractivity contribution in [2.24, 2.45) is 5.73 Å². The van der Waals surface area contributed by atoms with Crippen molar-refractivity contribution in [3.8, 4) is 0 Å². The Labute approximate surface area is 138 Å². The van der Waals surface area contributed by atoms with Gasteiger partial charge in [-0.05, 0) is 37.0 Å². The second-order valence-corrected chi connectivity index (χ2v) is 6.02. The number of benzene rings is 1. The van der Waals surface area contributed by atoms with Crippen LogP contribution in [0.4, 0.5) is 0 Å². The molecule has 2 aromatic rings. The van der Waals surface area contributed by atoms with Crippen molar-refractivity contribution in [3.63, 3.8) is 0 Å². The molecule has 1 aromatic carbocycles. The third kappa shape index (κ3) is 3.45. The van der Waals surface area contributed by atoms with Crippen LogP contribution in [0.15, 0.2) is 33.3 Å². The lowest BCUT2D eigenvalue weighted by Crippen LogP contribution is -2.47. The number of aromatic nitrogens is 2. The van der Waals surface area contributed by atoms with E-state index in [1.807, 2.05) is 6.07 Å². The summed E-state index contributed by atoms with van der Waals surface area (Å²) >= 11 is 3.54. The minimum Gasteiger partial charge on any atom is -0.338 e. The van der Waals surface area contributed by atoms with Crippen LogP contribution in [0.2, 0.25) is 0 Å². The number of halogens is 2. The molecule has 7 heteroatoms. The predicted molar refractivity (Wildman–Crippen MR) is 85.9 cm³/mol. The normalized spacial score (nSPS) is 16.1. The zero-order chi connectivity index (χ0) is 14.0. The van der Waals surface area contributed by atoms with Crippen LogP contribution >= 0.6 is 28.3 Å². The molecule has 114 valence electrons. The Morgan fingerprint density at radius 3 is 2.76 bits per heavy atom. The molecule has 0 unspecified atom stereocenters. The van der Waals surface area contributed by atoms with Gasteiger partial charge in [0.1, 0.15) is 0 Å². The highest BCUT2D eigenvalue weighted by atomic mass is 79.9. The average Bonchev–Trinajstić information content (AvgIpc) is 2.86. The third-order valence-electron chi connectivity index (χ3n) is 3.85. The van der Waals surface area contributed by atoms with Gasteiger partial charge in [-0.1, -0.05) is 33.2 Å². The van der Waals surface area contributed by atoms with Gasteiger partial charge < -0.3 is 15.6 Å². The molecule has 1 heterocycles. The lowest BCUT2D eigenvalue weighted by atomic mass is 9.72. The number of rotatable bonds is 5. The summed E-state index contributed by atoms with van der Waals surface area (Å²) in [5.41, 5.74) is 6.81. The summed E-state index contributed by atoms with van der Waals surface area (Å²) in [7, 11) is 0. The molecule has 0 amide bonds. The van der Waals surface area contributed by atoms with Crippen molar-refractivity contribution in [1.82, 2.24) is 15.5 Å². The Kier molecular flexibility index (Phi) is 5.37. The first-order valence-electron chi connectivity index (χ1n) is 6.74. The standard InChI is InChI=1S/C14H17BrN4O.ClH/c15-11-4-1-3-10(7-11)14(5-2-6-14)17-9-12-18-13(8-16)20-19-12;/h1,3-4,7,17H,2,5-6,8-9,16H2;1H. The Morgan fingerprint density at radius 1 is 1.38 bits per heavy atom. The highest BCUT2D eigenvalue weighted by Crippen LogP contribution is 2.42. The third-order valence-corrected chi connectivity index (χ3v) is 4.35. The fourth-order valence-corrected chi connectivity index (χ4v) is 2.98. The van der Waals surface area contributed by atoms with Gasteiger partial charge >= 0.3 is 0 Å². The predicted octanol–water partition coefficient (Wildman–Crippen LogP) is 2.88. The van der Waals surface area contributed by atoms with Gasteiger partial charge in [-0.2, -0.15) is 4.98 Å². The second kappa shape index (κ2) is 6.87. The van der Waals surface area contributed by atoms with Crippen LogP contribution in [0.25, 0.3) is 0 Å². The molecule has 1 aliphatic rings. The monoisotopic (exact) mass is 372 g/mol. The first-order chi connectivity index (χ1) is 9.72. The molecule has 0 radical (unpaired) electrons. The summed E-state index contributed by atoms with van der Waals surface area (Å²) in [5.74, 6) is 1.14. The molecule has 0 spiro atoms. The zero-order valence-electron chi connectivity index (χ0n) is 11.5. The van der Waals surface area contributed by atoms with Crippen molar-refractivity contribution in [3.05, 3.63) is 46.0 Å². The number of nitrogens with two attached hydrogens (primary N) is 1. The summed E-state index contributed by atoms with van der Waals surface area (Å²) in [4.78, 5) is 4.23. The zero-order valence-corrected chi connectivity index (χ0v) is 13.9. The smallest absolute Gasteiger partial charge is 0.240 e. The molecule has 1 aromatic heterocycles. The highest BCUT2D eigenvalue weighted by Gasteiger charge is 2.38. The maximum absolute atomic E-state index is 5.47. The highest BCUT2D eigenvalue weighted by molar-refractivity contribution is 9.10. The van der Waals surface area contributed by atoms with Gasteiger partial charge in [-0.3, -0.25) is 0 Å². The maximum atomic E-state index is 5.47. The van der Waals surface area contributed by atoms with E-state index in [-0.39, 0.29) is 24.5 Å². The minimum atomic E-state index is 0. The van der Waals surface area contributed by atoms with Crippen LogP contribution in [0.3, 0.4) is 0 Å². The van der Waals surface area contributed by atoms with Gasteiger partial charge in [-0.15, -0.1) is 12.4 Å². The number of hydrogen-bond donors (Lipinski definition) is 2. The van der Waals surface area contributed by atoms with E-state index >= 15 is 0 Å². The van der Waals surface area contributed by atoms with Gasteiger partial charge in [0.2, 0.25) is 5.89 Å². The van der Waals surface area contributed by atoms with Crippen molar-refractivity contribution in [1.29, 1.82) is 0 Å². The van der Waals surface area contributed by atoms with Crippen molar-refractivity contribution < 1.29 is 4.52 Å². The molecule has 0 aliphatic heterocycles. The Morgan fingerprint density at radius 2 is 2.19 bits per heavy atom. The molecule has 0 saturated heterocycles. The Bertz CT molecular complexity index is 600. The molecule has 1 aliphatic carbocycles. The van der Waals surface area contributed by atoms with Gasteiger partial charge in [-0.25, -0.2) is 0 Å². The van der Waals surface area contributed by atoms with E-state index in [9.17, 15) is 0 Å². The van der Waals surface area contributed by atoms with E-state index in [2.05, 4.69) is 49.6 Å². The van der Waals surface area contributed by atoms with Crippen LogP contribution in [0.5, 0.6) is 0 Å². The summed E-state index contributed by atoms with van der Waals surface area (Å²) in [6, 6.07) is 8.46. The lowest BCUT2D eigenvalue weighted by Gasteiger charge is -2.43. The molecular formula is C14H18BrClN4O. The van der Waals surface area contributed by atoms with Crippen LogP contribution in [-0.2, 0) is 18.6 Å². The Hall–Kier alpha value is -0.950. The molecule has 0 bridgehead atoms. The van der Waals surface area contributed by atoms with E-state index in [1.54, 1.807) is 0 Å². The van der Waals surface area contributed by atoms with E-state index in [1.165, 1.54) is 12.0 Å². The van der Waals surface area contributed by atoms with Crippen molar-refractivity contribution in [2.45, 2.75) is 37.9 Å². The Balaban J connectivity index is 0.00000161. The molecule has 1 saturated carbocycles. The summed E-state index contributed by atoms with van der Waals surface area (Å²) in [6.45, 7) is 0.875. The number of nitrogens with zero attached hydrogens (tertiary/aromatic N) is 2. The minimum absolute atomic E-state index is 0. The fraction of sp³-hybridized carbons (Fsp3) is 0.429. The topological polar surface area (TPSA) is 77.0 Å². The maximum Gasteiger partial charge on any atom is 0.240 e. The van der Waals surface area contributed by atoms with Gasteiger partial charge in [0.25, 0.3) is 0 Å². The molecule has 3 N–H and O–H groups in total. The lowest BCUT2D eigenvalue weighted by molar-refractivity contribution is 0.181. The van der Waals surface area contributed by atoms with Crippen LogP contribution in [-0.4, -0.2) is 10.1 Å². The largest absolute Gasteiger partial charge is 0.338 e. The summed E-state index contributed by atoms with van der Waals surface area (Å²) < 4.78 is 6.13. The quantitative estimate of drug-likeness (QED) is 0.842. The van der Waals surface area contributed by atoms with Gasteiger partial charge in [0.05, 0.1) is 13.1 Å². The SMILES string of the molecule is Cl.NCc1nc(CNC2(c3cccc(Br)c3)CCC2)no1. The first-order valence-corrected chi connectivity index (χ1v) is 7.54. The first kappa shape index (κ1) is 16.4. The molecule has 1 fully saturated rings.